The summed E-state index contributed by atoms with van der Waals surface area (Å²) in [5.74, 6) is -0.710. The lowest BCUT2D eigenvalue weighted by molar-refractivity contribution is -0.137. The van der Waals surface area contributed by atoms with Crippen LogP contribution in [0.3, 0.4) is 0 Å². The SMILES string of the molecule is CCCS(=O)(=O)NC[C@@]1(C(=O)Nc2ccc(-c3ccccc3S(N)(=O)=O)cn2)CC(c2ccc(Cl)c(N)c2)=NO1. The summed E-state index contributed by atoms with van der Waals surface area (Å²) in [5, 5.41) is 12.4. The van der Waals surface area contributed by atoms with E-state index in [0.717, 1.165) is 0 Å². The standard InChI is InChI=1S/C25H27ClN6O6S2/c1-2-11-39(34,35)30-15-25(13-21(32-38-25)16-7-9-19(26)20(27)12-16)24(33)31-23-10-8-17(14-29-23)18-5-3-4-6-22(18)40(28,36)37/h3-10,12,14,30H,2,11,13,15,27H2,1H3,(H2,28,36,37)(H,29,31,33)/t25-/m1/s1. The molecule has 0 radical (unpaired) electrons. The van der Waals surface area contributed by atoms with Gasteiger partial charge in [-0.1, -0.05) is 47.9 Å². The normalized spacial score (nSPS) is 17.2. The van der Waals surface area contributed by atoms with Crippen LogP contribution in [0.25, 0.3) is 11.1 Å². The Morgan fingerprint density at radius 3 is 2.48 bits per heavy atom. The van der Waals surface area contributed by atoms with Crippen LogP contribution < -0.4 is 20.9 Å². The van der Waals surface area contributed by atoms with Gasteiger partial charge in [0.1, 0.15) is 5.82 Å². The number of rotatable bonds is 10. The van der Waals surface area contributed by atoms with Gasteiger partial charge in [-0.2, -0.15) is 0 Å². The van der Waals surface area contributed by atoms with Crippen LogP contribution in [0, 0.1) is 0 Å². The fourth-order valence-corrected chi connectivity index (χ4v) is 6.04. The molecule has 2 heterocycles. The second-order valence-corrected chi connectivity index (χ2v) is 13.0. The van der Waals surface area contributed by atoms with E-state index >= 15 is 0 Å². The highest BCUT2D eigenvalue weighted by Gasteiger charge is 2.48. The molecule has 1 aliphatic rings. The van der Waals surface area contributed by atoms with Gasteiger partial charge in [-0.25, -0.2) is 31.7 Å². The zero-order valence-corrected chi connectivity index (χ0v) is 23.7. The number of amides is 1. The maximum Gasteiger partial charge on any atom is 0.274 e. The van der Waals surface area contributed by atoms with E-state index in [-0.39, 0.29) is 22.9 Å². The molecular formula is C25H27ClN6O6S2. The monoisotopic (exact) mass is 606 g/mol. The van der Waals surface area contributed by atoms with E-state index in [2.05, 4.69) is 20.2 Å². The highest BCUT2D eigenvalue weighted by atomic mass is 35.5. The number of aromatic nitrogens is 1. The summed E-state index contributed by atoms with van der Waals surface area (Å²) in [6.45, 7) is 1.33. The van der Waals surface area contributed by atoms with Crippen LogP contribution in [0.5, 0.6) is 0 Å². The number of anilines is 2. The van der Waals surface area contributed by atoms with E-state index in [1.807, 2.05) is 0 Å². The van der Waals surface area contributed by atoms with Gasteiger partial charge in [-0.15, -0.1) is 0 Å². The average molecular weight is 607 g/mol. The third-order valence-corrected chi connectivity index (χ3v) is 8.93. The lowest BCUT2D eigenvalue weighted by Gasteiger charge is -2.25. The number of carbonyl (C=O) groups excluding carboxylic acids is 1. The summed E-state index contributed by atoms with van der Waals surface area (Å²) >= 11 is 6.01. The Balaban J connectivity index is 1.59. The summed E-state index contributed by atoms with van der Waals surface area (Å²) in [5.41, 5.74) is 6.21. The van der Waals surface area contributed by atoms with Crippen LogP contribution in [0.2, 0.25) is 5.02 Å². The Kier molecular flexibility index (Phi) is 8.46. The predicted molar refractivity (Wildman–Crippen MR) is 153 cm³/mol. The van der Waals surface area contributed by atoms with E-state index in [1.54, 1.807) is 49.4 Å². The Hall–Kier alpha value is -3.56. The minimum atomic E-state index is -3.98. The Labute approximate surface area is 236 Å². The van der Waals surface area contributed by atoms with Crippen molar-refractivity contribution in [1.29, 1.82) is 0 Å². The summed E-state index contributed by atoms with van der Waals surface area (Å²) in [6.07, 6.45) is 1.69. The average Bonchev–Trinajstić information content (AvgIpc) is 3.35. The molecular weight excluding hydrogens is 580 g/mol. The fourth-order valence-electron chi connectivity index (χ4n) is 4.03. The predicted octanol–water partition coefficient (Wildman–Crippen LogP) is 2.46. The molecule has 0 spiro atoms. The Morgan fingerprint density at radius 1 is 1.10 bits per heavy atom. The number of primary sulfonamides is 1. The summed E-state index contributed by atoms with van der Waals surface area (Å²) in [7, 11) is -7.67. The van der Waals surface area contributed by atoms with E-state index in [4.69, 9.17) is 27.3 Å². The molecule has 1 atom stereocenters. The number of hydrogen-bond acceptors (Lipinski definition) is 9. The molecule has 0 bridgehead atoms. The third-order valence-electron chi connectivity index (χ3n) is 6.09. The van der Waals surface area contributed by atoms with Crippen molar-refractivity contribution in [2.45, 2.75) is 30.3 Å². The number of nitrogens with one attached hydrogen (secondary N) is 2. The van der Waals surface area contributed by atoms with Gasteiger partial charge in [0.15, 0.2) is 0 Å². The zero-order chi connectivity index (χ0) is 29.1. The van der Waals surface area contributed by atoms with Gasteiger partial charge in [-0.3, -0.25) is 4.79 Å². The molecule has 12 nitrogen and oxygen atoms in total. The van der Waals surface area contributed by atoms with Crippen LogP contribution in [0.1, 0.15) is 25.3 Å². The van der Waals surface area contributed by atoms with Crippen LogP contribution in [-0.4, -0.2) is 51.3 Å². The molecule has 40 heavy (non-hydrogen) atoms. The Bertz CT molecular complexity index is 1680. The van der Waals surface area contributed by atoms with Crippen molar-refractivity contribution in [3.63, 3.8) is 0 Å². The highest BCUT2D eigenvalue weighted by Crippen LogP contribution is 2.31. The van der Waals surface area contributed by atoms with Gasteiger partial charge in [0.25, 0.3) is 5.91 Å². The molecule has 3 aromatic rings. The summed E-state index contributed by atoms with van der Waals surface area (Å²) < 4.78 is 51.1. The van der Waals surface area contributed by atoms with Gasteiger partial charge >= 0.3 is 0 Å². The lowest BCUT2D eigenvalue weighted by atomic mass is 9.93. The van der Waals surface area contributed by atoms with Crippen molar-refractivity contribution in [1.82, 2.24) is 9.71 Å². The van der Waals surface area contributed by atoms with E-state index in [0.29, 0.717) is 39.5 Å². The van der Waals surface area contributed by atoms with Crippen LogP contribution >= 0.6 is 11.6 Å². The molecule has 2 aromatic carbocycles. The molecule has 0 aliphatic carbocycles. The number of nitrogens with zero attached hydrogens (tertiary/aromatic N) is 2. The van der Waals surface area contributed by atoms with Crippen molar-refractivity contribution < 1.29 is 26.5 Å². The topological polar surface area (TPSA) is 196 Å². The second kappa shape index (κ2) is 11.5. The van der Waals surface area contributed by atoms with Crippen LogP contribution in [0.4, 0.5) is 11.5 Å². The highest BCUT2D eigenvalue weighted by molar-refractivity contribution is 7.89. The summed E-state index contributed by atoms with van der Waals surface area (Å²) in [6, 6.07) is 14.0. The molecule has 212 valence electrons. The fraction of sp³-hybridized carbons (Fsp3) is 0.240. The van der Waals surface area contributed by atoms with E-state index < -0.39 is 38.1 Å². The number of halogens is 1. The minimum absolute atomic E-state index is 0.0706. The third kappa shape index (κ3) is 6.59. The number of sulfonamides is 2. The maximum absolute atomic E-state index is 13.5. The van der Waals surface area contributed by atoms with Gasteiger partial charge in [0.05, 0.1) is 33.6 Å². The second-order valence-electron chi connectivity index (χ2n) is 9.10. The first-order valence-corrected chi connectivity index (χ1v) is 15.6. The van der Waals surface area contributed by atoms with Gasteiger partial charge in [0.2, 0.25) is 25.6 Å². The molecule has 0 saturated carbocycles. The van der Waals surface area contributed by atoms with Crippen molar-refractivity contribution in [2.24, 2.45) is 10.3 Å². The molecule has 15 heteroatoms. The minimum Gasteiger partial charge on any atom is -0.398 e. The molecule has 4 rings (SSSR count). The van der Waals surface area contributed by atoms with Gasteiger partial charge in [0, 0.05) is 29.3 Å². The first-order chi connectivity index (χ1) is 18.8. The van der Waals surface area contributed by atoms with Crippen molar-refractivity contribution in [2.75, 3.05) is 23.3 Å². The number of pyridine rings is 1. The molecule has 6 N–H and O–H groups in total. The number of nitrogen functional groups attached to an aromatic ring is 1. The molecule has 0 fully saturated rings. The largest absolute Gasteiger partial charge is 0.398 e. The first kappa shape index (κ1) is 29.4. The number of hydrogen-bond donors (Lipinski definition) is 4. The number of benzene rings is 2. The van der Waals surface area contributed by atoms with E-state index in [1.165, 1.54) is 18.3 Å². The number of carbonyl (C=O) groups is 1. The lowest BCUT2D eigenvalue weighted by Crippen LogP contribution is -2.52. The number of nitrogens with two attached hydrogens (primary N) is 2. The van der Waals surface area contributed by atoms with Gasteiger partial charge < -0.3 is 15.9 Å². The first-order valence-electron chi connectivity index (χ1n) is 12.0. The van der Waals surface area contributed by atoms with Crippen molar-refractivity contribution >= 4 is 54.8 Å². The number of oxime groups is 1. The molecule has 0 unspecified atom stereocenters. The molecule has 1 aliphatic heterocycles. The van der Waals surface area contributed by atoms with Crippen LogP contribution in [-0.2, 0) is 29.7 Å². The van der Waals surface area contributed by atoms with Crippen molar-refractivity contribution in [3.8, 4) is 11.1 Å². The quantitative estimate of drug-likeness (QED) is 0.252. The molecule has 0 saturated heterocycles. The molecule has 1 aromatic heterocycles. The van der Waals surface area contributed by atoms with Crippen LogP contribution in [0.15, 0.2) is 70.8 Å². The zero-order valence-electron chi connectivity index (χ0n) is 21.3. The van der Waals surface area contributed by atoms with Gasteiger partial charge in [-0.05, 0) is 36.8 Å². The molecule has 1 amide bonds. The van der Waals surface area contributed by atoms with E-state index in [9.17, 15) is 21.6 Å². The smallest absolute Gasteiger partial charge is 0.274 e. The summed E-state index contributed by atoms with van der Waals surface area (Å²) in [4.78, 5) is 23.3. The van der Waals surface area contributed by atoms with Crippen molar-refractivity contribution in [3.05, 3.63) is 71.4 Å². The Morgan fingerprint density at radius 2 is 1.82 bits per heavy atom. The maximum atomic E-state index is 13.5.